The number of rotatable bonds is 6. The average Bonchev–Trinajstić information content (AvgIpc) is 3.78. The first-order chi connectivity index (χ1) is 27.3. The monoisotopic (exact) mass is 717 g/mol. The number of anilines is 3. The van der Waals surface area contributed by atoms with Gasteiger partial charge in [-0.3, -0.25) is 0 Å². The SMILES string of the molecule is c1ccc(N(c2ccc(-c3ccc4ccccc4c3)cc2)c2ccc(C3(c4ccc5c(c4)sc4ccccc45)c4ccccc4-c4ccccc43)cc2)cc1. The number of para-hydroxylation sites is 1. The van der Waals surface area contributed by atoms with Gasteiger partial charge in [0.15, 0.2) is 0 Å². The van der Waals surface area contributed by atoms with Gasteiger partial charge in [-0.05, 0) is 110 Å². The lowest BCUT2D eigenvalue weighted by Crippen LogP contribution is -2.28. The topological polar surface area (TPSA) is 3.24 Å². The van der Waals surface area contributed by atoms with Gasteiger partial charge in [0, 0.05) is 37.2 Å². The van der Waals surface area contributed by atoms with E-state index in [2.05, 4.69) is 217 Å². The standard InChI is InChI=1S/C53H35NS/c1-2-14-42(15-3-1)54(43-29-24-37(25-30-43)39-23-22-36-12-4-5-13-38(36)34-39)44-31-26-40(27-32-44)53(49-19-9-6-16-45(49)46-17-7-10-20-50(46)53)41-28-33-48-47-18-8-11-21-51(47)55-52(48)35-41/h1-35H. The largest absolute Gasteiger partial charge is 0.311 e. The van der Waals surface area contributed by atoms with Crippen molar-refractivity contribution in [2.45, 2.75) is 5.41 Å². The number of fused-ring (bicyclic) bond motifs is 7. The summed E-state index contributed by atoms with van der Waals surface area (Å²) in [6.07, 6.45) is 0. The zero-order valence-electron chi connectivity index (χ0n) is 30.1. The molecule has 55 heavy (non-hydrogen) atoms. The molecule has 0 aliphatic heterocycles. The molecule has 1 aromatic heterocycles. The van der Waals surface area contributed by atoms with Crippen molar-refractivity contribution in [1.29, 1.82) is 0 Å². The first-order valence-electron chi connectivity index (χ1n) is 18.9. The fraction of sp³-hybridized carbons (Fsp3) is 0.0189. The zero-order valence-corrected chi connectivity index (χ0v) is 30.9. The van der Waals surface area contributed by atoms with Crippen LogP contribution in [0.15, 0.2) is 212 Å². The molecule has 0 amide bonds. The highest BCUT2D eigenvalue weighted by Crippen LogP contribution is 2.57. The summed E-state index contributed by atoms with van der Waals surface area (Å²) in [4.78, 5) is 2.36. The summed E-state index contributed by atoms with van der Waals surface area (Å²) in [5.41, 5.74) is 13.1. The van der Waals surface area contributed by atoms with Crippen LogP contribution in [0, 0.1) is 0 Å². The molecule has 1 heterocycles. The molecule has 1 aliphatic carbocycles. The van der Waals surface area contributed by atoms with Crippen LogP contribution in [-0.4, -0.2) is 0 Å². The van der Waals surface area contributed by atoms with Crippen molar-refractivity contribution in [3.63, 3.8) is 0 Å². The van der Waals surface area contributed by atoms with Crippen molar-refractivity contribution in [2.24, 2.45) is 0 Å². The predicted molar refractivity (Wildman–Crippen MR) is 234 cm³/mol. The van der Waals surface area contributed by atoms with Gasteiger partial charge in [-0.1, -0.05) is 158 Å². The van der Waals surface area contributed by atoms with Crippen LogP contribution >= 0.6 is 11.3 Å². The summed E-state index contributed by atoms with van der Waals surface area (Å²) in [6.45, 7) is 0. The van der Waals surface area contributed by atoms with E-state index in [0.29, 0.717) is 0 Å². The summed E-state index contributed by atoms with van der Waals surface area (Å²) in [6, 6.07) is 78.3. The number of thiophene rings is 1. The van der Waals surface area contributed by atoms with Crippen LogP contribution in [0.4, 0.5) is 17.1 Å². The van der Waals surface area contributed by atoms with E-state index in [4.69, 9.17) is 0 Å². The molecule has 2 heteroatoms. The molecule has 0 N–H and O–H groups in total. The maximum absolute atomic E-state index is 2.46. The minimum Gasteiger partial charge on any atom is -0.311 e. The van der Waals surface area contributed by atoms with Crippen LogP contribution in [0.3, 0.4) is 0 Å². The molecule has 9 aromatic carbocycles. The number of nitrogens with zero attached hydrogens (tertiary/aromatic N) is 1. The molecule has 0 bridgehead atoms. The quantitative estimate of drug-likeness (QED) is 0.166. The lowest BCUT2D eigenvalue weighted by molar-refractivity contribution is 0.770. The predicted octanol–water partition coefficient (Wildman–Crippen LogP) is 14.7. The normalized spacial score (nSPS) is 12.9. The lowest BCUT2D eigenvalue weighted by atomic mass is 9.67. The molecule has 1 aliphatic rings. The zero-order chi connectivity index (χ0) is 36.3. The fourth-order valence-electron chi connectivity index (χ4n) is 9.04. The fourth-order valence-corrected chi connectivity index (χ4v) is 10.2. The van der Waals surface area contributed by atoms with Gasteiger partial charge in [0.25, 0.3) is 0 Å². The van der Waals surface area contributed by atoms with Crippen molar-refractivity contribution in [3.05, 3.63) is 235 Å². The molecule has 0 spiro atoms. The number of hydrogen-bond acceptors (Lipinski definition) is 2. The molecule has 1 nitrogen and oxygen atoms in total. The Labute approximate surface area is 325 Å². The molecule has 10 aromatic rings. The van der Waals surface area contributed by atoms with Crippen molar-refractivity contribution in [1.82, 2.24) is 0 Å². The van der Waals surface area contributed by atoms with E-state index in [-0.39, 0.29) is 0 Å². The highest BCUT2D eigenvalue weighted by atomic mass is 32.1. The molecule has 258 valence electrons. The van der Waals surface area contributed by atoms with Gasteiger partial charge in [-0.25, -0.2) is 0 Å². The third-order valence-corrected chi connectivity index (χ3v) is 12.7. The van der Waals surface area contributed by atoms with Crippen molar-refractivity contribution < 1.29 is 0 Å². The minimum absolute atomic E-state index is 0.477. The third kappa shape index (κ3) is 4.99. The molecular weight excluding hydrogens is 683 g/mol. The van der Waals surface area contributed by atoms with Crippen molar-refractivity contribution >= 4 is 59.3 Å². The van der Waals surface area contributed by atoms with Gasteiger partial charge >= 0.3 is 0 Å². The van der Waals surface area contributed by atoms with Crippen LogP contribution in [0.2, 0.25) is 0 Å². The van der Waals surface area contributed by atoms with Crippen molar-refractivity contribution in [3.8, 4) is 22.3 Å². The Bertz CT molecular complexity index is 2980. The minimum atomic E-state index is -0.477. The van der Waals surface area contributed by atoms with Crippen molar-refractivity contribution in [2.75, 3.05) is 4.90 Å². The lowest BCUT2D eigenvalue weighted by Gasteiger charge is -2.34. The summed E-state index contributed by atoms with van der Waals surface area (Å²) in [7, 11) is 0. The molecule has 0 fully saturated rings. The van der Waals surface area contributed by atoms with E-state index in [1.165, 1.54) is 75.5 Å². The summed E-state index contributed by atoms with van der Waals surface area (Å²) < 4.78 is 2.64. The van der Waals surface area contributed by atoms with E-state index >= 15 is 0 Å². The highest BCUT2D eigenvalue weighted by molar-refractivity contribution is 7.25. The Hall–Kier alpha value is -6.74. The molecule has 0 saturated heterocycles. The molecule has 0 radical (unpaired) electrons. The van der Waals surface area contributed by atoms with Crippen LogP contribution in [0.5, 0.6) is 0 Å². The van der Waals surface area contributed by atoms with Crippen LogP contribution < -0.4 is 4.90 Å². The number of hydrogen-bond donors (Lipinski definition) is 0. The maximum atomic E-state index is 2.46. The van der Waals surface area contributed by atoms with Crippen LogP contribution in [-0.2, 0) is 5.41 Å². The van der Waals surface area contributed by atoms with Gasteiger partial charge < -0.3 is 4.90 Å². The Morgan fingerprint density at radius 3 is 1.64 bits per heavy atom. The molecule has 0 atom stereocenters. The molecular formula is C53H35NS. The van der Waals surface area contributed by atoms with Gasteiger partial charge in [-0.15, -0.1) is 11.3 Å². The number of benzene rings is 9. The first-order valence-corrected chi connectivity index (χ1v) is 19.7. The summed E-state index contributed by atoms with van der Waals surface area (Å²) in [5, 5.41) is 5.16. The second-order valence-electron chi connectivity index (χ2n) is 14.5. The van der Waals surface area contributed by atoms with Gasteiger partial charge in [0.05, 0.1) is 5.41 Å². The highest BCUT2D eigenvalue weighted by Gasteiger charge is 2.46. The Morgan fingerprint density at radius 1 is 0.345 bits per heavy atom. The van der Waals surface area contributed by atoms with E-state index < -0.39 is 5.41 Å². The molecule has 0 unspecified atom stereocenters. The molecule has 11 rings (SSSR count). The van der Waals surface area contributed by atoms with Crippen LogP contribution in [0.25, 0.3) is 53.2 Å². The van der Waals surface area contributed by atoms with Gasteiger partial charge in [-0.2, -0.15) is 0 Å². The molecule has 0 saturated carbocycles. The maximum Gasteiger partial charge on any atom is 0.0714 e. The van der Waals surface area contributed by atoms with E-state index in [0.717, 1.165) is 17.1 Å². The second-order valence-corrected chi connectivity index (χ2v) is 15.6. The average molecular weight is 718 g/mol. The van der Waals surface area contributed by atoms with E-state index in [1.807, 2.05) is 11.3 Å². The van der Waals surface area contributed by atoms with E-state index in [1.54, 1.807) is 0 Å². The van der Waals surface area contributed by atoms with E-state index in [9.17, 15) is 0 Å². The Balaban J connectivity index is 1.06. The third-order valence-electron chi connectivity index (χ3n) is 11.5. The second kappa shape index (κ2) is 12.7. The summed E-state index contributed by atoms with van der Waals surface area (Å²) >= 11 is 1.89. The summed E-state index contributed by atoms with van der Waals surface area (Å²) in [5.74, 6) is 0. The first kappa shape index (κ1) is 31.8. The van der Waals surface area contributed by atoms with Gasteiger partial charge in [0.2, 0.25) is 0 Å². The van der Waals surface area contributed by atoms with Gasteiger partial charge in [0.1, 0.15) is 0 Å². The Morgan fingerprint density at radius 2 is 0.891 bits per heavy atom. The van der Waals surface area contributed by atoms with Crippen LogP contribution in [0.1, 0.15) is 22.3 Å². The Kier molecular flexibility index (Phi) is 7.33. The smallest absolute Gasteiger partial charge is 0.0714 e.